The summed E-state index contributed by atoms with van der Waals surface area (Å²) in [7, 11) is 1.50. The Morgan fingerprint density at radius 1 is 1.43 bits per heavy atom. The number of methoxy groups -OCH3 is 1. The van der Waals surface area contributed by atoms with E-state index in [1.165, 1.54) is 7.11 Å². The Morgan fingerprint density at radius 3 is 3.10 bits per heavy atom. The minimum absolute atomic E-state index is 0.122. The van der Waals surface area contributed by atoms with E-state index in [1.54, 1.807) is 29.4 Å². The molecule has 0 spiro atoms. The number of aromatic nitrogens is 3. The molecule has 7 nitrogen and oxygen atoms in total. The van der Waals surface area contributed by atoms with E-state index in [0.717, 1.165) is 11.3 Å². The van der Waals surface area contributed by atoms with Crippen LogP contribution in [0.2, 0.25) is 0 Å². The lowest BCUT2D eigenvalue weighted by Gasteiger charge is -2.28. The SMILES string of the molecule is COc1ncccc1C(=O)N1CCc2cnc(N)nc2C1. The number of hydrogen-bond donors (Lipinski definition) is 1. The molecule has 1 aliphatic heterocycles. The number of nitrogens with zero attached hydrogens (tertiary/aromatic N) is 4. The third-order valence-corrected chi connectivity index (χ3v) is 3.45. The van der Waals surface area contributed by atoms with Crippen molar-refractivity contribution in [2.45, 2.75) is 13.0 Å². The number of fused-ring (bicyclic) bond motifs is 1. The molecule has 1 amide bonds. The number of nitrogen functional groups attached to an aromatic ring is 1. The zero-order valence-electron chi connectivity index (χ0n) is 11.6. The summed E-state index contributed by atoms with van der Waals surface area (Å²) in [6.45, 7) is 1.02. The molecule has 0 bridgehead atoms. The van der Waals surface area contributed by atoms with Gasteiger partial charge in [-0.1, -0.05) is 0 Å². The van der Waals surface area contributed by atoms with Crippen molar-refractivity contribution in [3.05, 3.63) is 41.3 Å². The maximum Gasteiger partial charge on any atom is 0.259 e. The molecule has 3 heterocycles. The number of rotatable bonds is 2. The molecule has 0 saturated carbocycles. The first-order valence-corrected chi connectivity index (χ1v) is 6.57. The van der Waals surface area contributed by atoms with Crippen molar-refractivity contribution in [3.8, 4) is 5.88 Å². The van der Waals surface area contributed by atoms with Gasteiger partial charge in [-0.05, 0) is 24.1 Å². The lowest BCUT2D eigenvalue weighted by atomic mass is 10.1. The van der Waals surface area contributed by atoms with Gasteiger partial charge in [-0.25, -0.2) is 15.0 Å². The van der Waals surface area contributed by atoms with Crippen LogP contribution in [0.5, 0.6) is 5.88 Å². The predicted octanol–water partition coefficient (Wildman–Crippen LogP) is 0.661. The Balaban J connectivity index is 1.87. The van der Waals surface area contributed by atoms with Gasteiger partial charge >= 0.3 is 0 Å². The molecule has 2 aromatic heterocycles. The minimum Gasteiger partial charge on any atom is -0.480 e. The van der Waals surface area contributed by atoms with Crippen molar-refractivity contribution in [3.63, 3.8) is 0 Å². The van der Waals surface area contributed by atoms with Crippen molar-refractivity contribution in [2.75, 3.05) is 19.4 Å². The summed E-state index contributed by atoms with van der Waals surface area (Å²) in [5, 5.41) is 0. The second kappa shape index (κ2) is 5.35. The molecule has 3 rings (SSSR count). The van der Waals surface area contributed by atoms with Gasteiger partial charge in [0.15, 0.2) is 0 Å². The smallest absolute Gasteiger partial charge is 0.259 e. The molecule has 0 aromatic carbocycles. The molecule has 7 heteroatoms. The predicted molar refractivity (Wildman–Crippen MR) is 75.7 cm³/mol. The molecule has 2 N–H and O–H groups in total. The first-order chi connectivity index (χ1) is 10.2. The Labute approximate surface area is 121 Å². The van der Waals surface area contributed by atoms with Gasteiger partial charge < -0.3 is 15.4 Å². The summed E-state index contributed by atoms with van der Waals surface area (Å²) in [4.78, 5) is 26.6. The number of carbonyl (C=O) groups is 1. The highest BCUT2D eigenvalue weighted by Gasteiger charge is 2.25. The minimum atomic E-state index is -0.122. The summed E-state index contributed by atoms with van der Waals surface area (Å²) in [5.41, 5.74) is 7.88. The lowest BCUT2D eigenvalue weighted by Crippen LogP contribution is -2.37. The van der Waals surface area contributed by atoms with Gasteiger partial charge in [-0.3, -0.25) is 4.79 Å². The fourth-order valence-corrected chi connectivity index (χ4v) is 2.38. The number of ether oxygens (including phenoxy) is 1. The van der Waals surface area contributed by atoms with Gasteiger partial charge in [0.2, 0.25) is 11.8 Å². The van der Waals surface area contributed by atoms with E-state index in [0.29, 0.717) is 31.0 Å². The number of nitrogens with two attached hydrogens (primary N) is 1. The summed E-state index contributed by atoms with van der Waals surface area (Å²) >= 11 is 0. The Kier molecular flexibility index (Phi) is 3.39. The number of carbonyl (C=O) groups excluding carboxylic acids is 1. The van der Waals surface area contributed by atoms with Crippen molar-refractivity contribution >= 4 is 11.9 Å². The van der Waals surface area contributed by atoms with Gasteiger partial charge in [-0.2, -0.15) is 0 Å². The molecule has 0 fully saturated rings. The first-order valence-electron chi connectivity index (χ1n) is 6.57. The van der Waals surface area contributed by atoms with Gasteiger partial charge in [0.25, 0.3) is 5.91 Å². The van der Waals surface area contributed by atoms with E-state index in [9.17, 15) is 4.79 Å². The maximum absolute atomic E-state index is 12.6. The van der Waals surface area contributed by atoms with Crippen LogP contribution in [0.1, 0.15) is 21.6 Å². The Hall–Kier alpha value is -2.70. The molecule has 0 radical (unpaired) electrons. The molecule has 2 aromatic rings. The average Bonchev–Trinajstić information content (AvgIpc) is 2.53. The highest BCUT2D eigenvalue weighted by atomic mass is 16.5. The standard InChI is InChI=1S/C14H15N5O2/c1-21-12-10(3-2-5-16-12)13(20)19-6-4-9-7-17-14(15)18-11(9)8-19/h2-3,5,7H,4,6,8H2,1H3,(H2,15,17,18). The number of anilines is 1. The highest BCUT2D eigenvalue weighted by Crippen LogP contribution is 2.22. The average molecular weight is 285 g/mol. The van der Waals surface area contributed by atoms with E-state index in [2.05, 4.69) is 15.0 Å². The van der Waals surface area contributed by atoms with E-state index in [-0.39, 0.29) is 11.9 Å². The Morgan fingerprint density at radius 2 is 2.29 bits per heavy atom. The van der Waals surface area contributed by atoms with Crippen LogP contribution in [0.25, 0.3) is 0 Å². The van der Waals surface area contributed by atoms with Crippen LogP contribution in [0.4, 0.5) is 5.95 Å². The number of amides is 1. The second-order valence-electron chi connectivity index (χ2n) is 4.74. The van der Waals surface area contributed by atoms with Crippen LogP contribution in [-0.2, 0) is 13.0 Å². The molecule has 0 aliphatic carbocycles. The van der Waals surface area contributed by atoms with Crippen molar-refractivity contribution < 1.29 is 9.53 Å². The zero-order chi connectivity index (χ0) is 14.8. The fraction of sp³-hybridized carbons (Fsp3) is 0.286. The normalized spacial score (nSPS) is 13.7. The van der Waals surface area contributed by atoms with Gasteiger partial charge in [0.05, 0.1) is 19.3 Å². The molecule has 21 heavy (non-hydrogen) atoms. The summed E-state index contributed by atoms with van der Waals surface area (Å²) in [6.07, 6.45) is 4.03. The molecule has 0 saturated heterocycles. The van der Waals surface area contributed by atoms with Gasteiger partial charge in [-0.15, -0.1) is 0 Å². The molecule has 0 atom stereocenters. The summed E-state index contributed by atoms with van der Waals surface area (Å²) < 4.78 is 5.14. The monoisotopic (exact) mass is 285 g/mol. The van der Waals surface area contributed by atoms with E-state index in [4.69, 9.17) is 10.5 Å². The van der Waals surface area contributed by atoms with Gasteiger partial charge in [0, 0.05) is 18.9 Å². The van der Waals surface area contributed by atoms with E-state index < -0.39 is 0 Å². The van der Waals surface area contributed by atoms with Crippen LogP contribution < -0.4 is 10.5 Å². The van der Waals surface area contributed by atoms with Gasteiger partial charge in [0.1, 0.15) is 5.56 Å². The topological polar surface area (TPSA) is 94.2 Å². The fourth-order valence-electron chi connectivity index (χ4n) is 2.38. The maximum atomic E-state index is 12.6. The van der Waals surface area contributed by atoms with Crippen LogP contribution in [-0.4, -0.2) is 39.4 Å². The van der Waals surface area contributed by atoms with Crippen molar-refractivity contribution in [1.82, 2.24) is 19.9 Å². The van der Waals surface area contributed by atoms with Crippen LogP contribution >= 0.6 is 0 Å². The zero-order valence-corrected chi connectivity index (χ0v) is 11.6. The Bertz CT molecular complexity index is 689. The van der Waals surface area contributed by atoms with E-state index >= 15 is 0 Å². The lowest BCUT2D eigenvalue weighted by molar-refractivity contribution is 0.0727. The molecular formula is C14H15N5O2. The molecule has 108 valence electrons. The molecule has 0 unspecified atom stereocenters. The first kappa shape index (κ1) is 13.3. The largest absolute Gasteiger partial charge is 0.480 e. The summed E-state index contributed by atoms with van der Waals surface area (Å²) in [5.74, 6) is 0.431. The third kappa shape index (κ3) is 2.49. The van der Waals surface area contributed by atoms with Crippen molar-refractivity contribution in [2.24, 2.45) is 0 Å². The van der Waals surface area contributed by atoms with Crippen LogP contribution in [0, 0.1) is 0 Å². The third-order valence-electron chi connectivity index (χ3n) is 3.45. The van der Waals surface area contributed by atoms with Crippen LogP contribution in [0.3, 0.4) is 0 Å². The molecular weight excluding hydrogens is 270 g/mol. The van der Waals surface area contributed by atoms with E-state index in [1.807, 2.05) is 0 Å². The number of pyridine rings is 1. The molecule has 1 aliphatic rings. The van der Waals surface area contributed by atoms with Crippen LogP contribution in [0.15, 0.2) is 24.5 Å². The highest BCUT2D eigenvalue weighted by molar-refractivity contribution is 5.96. The second-order valence-corrected chi connectivity index (χ2v) is 4.74. The quantitative estimate of drug-likeness (QED) is 0.871. The van der Waals surface area contributed by atoms with Crippen molar-refractivity contribution in [1.29, 1.82) is 0 Å². The summed E-state index contributed by atoms with van der Waals surface area (Å²) in [6, 6.07) is 3.42. The number of hydrogen-bond acceptors (Lipinski definition) is 6.